The number of ether oxygens (including phenoxy) is 1. The Labute approximate surface area is 120 Å². The second-order valence-electron chi connectivity index (χ2n) is 4.52. The molecule has 110 valence electrons. The summed E-state index contributed by atoms with van der Waals surface area (Å²) in [6.45, 7) is 3.50. The summed E-state index contributed by atoms with van der Waals surface area (Å²) in [5, 5.41) is 0. The highest BCUT2D eigenvalue weighted by molar-refractivity contribution is 7.71. The number of aryl methyl sites for hydroxylation is 2. The van der Waals surface area contributed by atoms with Crippen molar-refractivity contribution in [3.63, 3.8) is 0 Å². The van der Waals surface area contributed by atoms with E-state index in [2.05, 4.69) is 4.98 Å². The minimum atomic E-state index is -0.349. The van der Waals surface area contributed by atoms with Gasteiger partial charge in [-0.1, -0.05) is 0 Å². The largest absolute Gasteiger partial charge is 0.385 e. The number of nitrogens with one attached hydrogen (secondary N) is 1. The Balaban J connectivity index is 2.77. The van der Waals surface area contributed by atoms with Crippen LogP contribution in [0.1, 0.15) is 13.3 Å². The molecule has 0 atom stereocenters. The molecule has 0 amide bonds. The Morgan fingerprint density at radius 3 is 2.60 bits per heavy atom. The van der Waals surface area contributed by atoms with Crippen LogP contribution in [-0.2, 0) is 24.9 Å². The summed E-state index contributed by atoms with van der Waals surface area (Å²) in [7, 11) is 3.09. The molecular weight excluding hydrogens is 280 g/mol. The third-order valence-electron chi connectivity index (χ3n) is 3.31. The molecule has 2 heterocycles. The number of nitrogens with zero attached hydrogens (tertiary/aromatic N) is 3. The lowest BCUT2D eigenvalue weighted by Crippen LogP contribution is -2.39. The van der Waals surface area contributed by atoms with Gasteiger partial charge in [0.05, 0.1) is 0 Å². The van der Waals surface area contributed by atoms with Crippen molar-refractivity contribution in [3.8, 4) is 0 Å². The standard InChI is InChI=1S/C12H18N4O3S/c1-4-15-8-9(13-11(15)20)16(6-5-7-19-3)12(18)14(2)10(8)17/h4-7H2,1-3H3,(H,13,20). The lowest BCUT2D eigenvalue weighted by atomic mass is 10.4. The number of imidazole rings is 1. The van der Waals surface area contributed by atoms with Gasteiger partial charge < -0.3 is 14.3 Å². The molecule has 2 aromatic rings. The Kier molecular flexibility index (Phi) is 4.24. The van der Waals surface area contributed by atoms with Crippen molar-refractivity contribution >= 4 is 23.4 Å². The molecule has 0 spiro atoms. The van der Waals surface area contributed by atoms with Gasteiger partial charge in [0.2, 0.25) is 0 Å². The van der Waals surface area contributed by atoms with Crippen molar-refractivity contribution in [2.75, 3.05) is 13.7 Å². The molecule has 0 bridgehead atoms. The molecule has 0 saturated carbocycles. The van der Waals surface area contributed by atoms with Crippen LogP contribution in [0.15, 0.2) is 9.59 Å². The van der Waals surface area contributed by atoms with Crippen molar-refractivity contribution < 1.29 is 4.74 Å². The van der Waals surface area contributed by atoms with Crippen molar-refractivity contribution in [2.24, 2.45) is 7.05 Å². The Hall–Kier alpha value is -1.67. The van der Waals surface area contributed by atoms with E-state index in [1.54, 1.807) is 11.7 Å². The van der Waals surface area contributed by atoms with Crippen molar-refractivity contribution in [3.05, 3.63) is 25.6 Å². The van der Waals surface area contributed by atoms with E-state index < -0.39 is 0 Å². The average molecular weight is 298 g/mol. The summed E-state index contributed by atoms with van der Waals surface area (Å²) in [5.74, 6) is 0. The van der Waals surface area contributed by atoms with E-state index in [0.717, 1.165) is 4.57 Å². The van der Waals surface area contributed by atoms with E-state index in [9.17, 15) is 9.59 Å². The van der Waals surface area contributed by atoms with Gasteiger partial charge in [0.15, 0.2) is 10.3 Å². The van der Waals surface area contributed by atoms with E-state index in [0.29, 0.717) is 42.1 Å². The summed E-state index contributed by atoms with van der Waals surface area (Å²) in [5.41, 5.74) is 0.248. The zero-order chi connectivity index (χ0) is 14.9. The first-order chi connectivity index (χ1) is 9.52. The van der Waals surface area contributed by atoms with Gasteiger partial charge in [0, 0.05) is 33.9 Å². The van der Waals surface area contributed by atoms with E-state index in [4.69, 9.17) is 17.0 Å². The van der Waals surface area contributed by atoms with Crippen molar-refractivity contribution in [1.82, 2.24) is 18.7 Å². The van der Waals surface area contributed by atoms with Gasteiger partial charge in [-0.2, -0.15) is 0 Å². The molecule has 0 aromatic carbocycles. The summed E-state index contributed by atoms with van der Waals surface area (Å²) in [4.78, 5) is 27.5. The van der Waals surface area contributed by atoms with E-state index >= 15 is 0 Å². The summed E-state index contributed by atoms with van der Waals surface area (Å²) in [6, 6.07) is 0. The molecule has 0 unspecified atom stereocenters. The lowest BCUT2D eigenvalue weighted by molar-refractivity contribution is 0.190. The second-order valence-corrected chi connectivity index (χ2v) is 4.90. The molecule has 0 aliphatic heterocycles. The van der Waals surface area contributed by atoms with Crippen LogP contribution in [-0.4, -0.2) is 32.4 Å². The normalized spacial score (nSPS) is 11.3. The SMILES string of the molecule is CCn1c(=S)[nH]c2c1c(=O)n(C)c(=O)n2CCCOC. The minimum Gasteiger partial charge on any atom is -0.385 e. The number of aromatic nitrogens is 4. The molecule has 0 saturated heterocycles. The molecule has 7 nitrogen and oxygen atoms in total. The van der Waals surface area contributed by atoms with Gasteiger partial charge in [-0.05, 0) is 25.6 Å². The van der Waals surface area contributed by atoms with Crippen LogP contribution in [0.25, 0.3) is 11.2 Å². The quantitative estimate of drug-likeness (QED) is 0.648. The zero-order valence-corrected chi connectivity index (χ0v) is 12.6. The topological polar surface area (TPSA) is 74.0 Å². The molecule has 0 radical (unpaired) electrons. The van der Waals surface area contributed by atoms with E-state index in [-0.39, 0.29) is 11.2 Å². The second kappa shape index (κ2) is 5.76. The molecular formula is C12H18N4O3S. The molecule has 0 aliphatic rings. The fourth-order valence-corrected chi connectivity index (χ4v) is 2.59. The highest BCUT2D eigenvalue weighted by Gasteiger charge is 2.15. The van der Waals surface area contributed by atoms with E-state index in [1.165, 1.54) is 11.6 Å². The first-order valence-electron chi connectivity index (χ1n) is 6.44. The Morgan fingerprint density at radius 2 is 2.00 bits per heavy atom. The monoisotopic (exact) mass is 298 g/mol. The van der Waals surface area contributed by atoms with Crippen LogP contribution < -0.4 is 11.2 Å². The number of hydrogen-bond donors (Lipinski definition) is 1. The van der Waals surface area contributed by atoms with Crippen LogP contribution in [0.2, 0.25) is 0 Å². The van der Waals surface area contributed by atoms with Crippen LogP contribution in [0, 0.1) is 4.77 Å². The third kappa shape index (κ3) is 2.25. The minimum absolute atomic E-state index is 0.331. The summed E-state index contributed by atoms with van der Waals surface area (Å²) >= 11 is 5.21. The molecule has 1 N–H and O–H groups in total. The highest BCUT2D eigenvalue weighted by atomic mass is 32.1. The van der Waals surface area contributed by atoms with Crippen LogP contribution >= 0.6 is 12.2 Å². The van der Waals surface area contributed by atoms with Gasteiger partial charge in [-0.3, -0.25) is 13.9 Å². The molecule has 0 fully saturated rings. The number of hydrogen-bond acceptors (Lipinski definition) is 4. The van der Waals surface area contributed by atoms with Crippen LogP contribution in [0.3, 0.4) is 0 Å². The van der Waals surface area contributed by atoms with Gasteiger partial charge >= 0.3 is 5.69 Å². The summed E-state index contributed by atoms with van der Waals surface area (Å²) < 4.78 is 9.81. The maximum atomic E-state index is 12.3. The van der Waals surface area contributed by atoms with Crippen LogP contribution in [0.4, 0.5) is 0 Å². The van der Waals surface area contributed by atoms with Crippen molar-refractivity contribution in [2.45, 2.75) is 26.4 Å². The molecule has 0 aliphatic carbocycles. The molecule has 2 aromatic heterocycles. The number of aromatic amines is 1. The third-order valence-corrected chi connectivity index (χ3v) is 3.63. The maximum Gasteiger partial charge on any atom is 0.332 e. The van der Waals surface area contributed by atoms with Crippen molar-refractivity contribution in [1.29, 1.82) is 0 Å². The first-order valence-corrected chi connectivity index (χ1v) is 6.85. The number of fused-ring (bicyclic) bond motifs is 1. The predicted octanol–water partition coefficient (Wildman–Crippen LogP) is 0.616. The van der Waals surface area contributed by atoms with Gasteiger partial charge in [-0.15, -0.1) is 0 Å². The van der Waals surface area contributed by atoms with E-state index in [1.807, 2.05) is 6.92 Å². The van der Waals surface area contributed by atoms with Gasteiger partial charge in [-0.25, -0.2) is 4.79 Å². The fourth-order valence-electron chi connectivity index (χ4n) is 2.27. The summed E-state index contributed by atoms with van der Waals surface area (Å²) in [6.07, 6.45) is 0.682. The van der Waals surface area contributed by atoms with Gasteiger partial charge in [0.1, 0.15) is 5.65 Å². The smallest absolute Gasteiger partial charge is 0.332 e. The fraction of sp³-hybridized carbons (Fsp3) is 0.583. The highest BCUT2D eigenvalue weighted by Crippen LogP contribution is 2.08. The molecule has 2 rings (SSSR count). The lowest BCUT2D eigenvalue weighted by Gasteiger charge is -2.09. The molecule has 8 heteroatoms. The predicted molar refractivity (Wildman–Crippen MR) is 78.8 cm³/mol. The zero-order valence-electron chi connectivity index (χ0n) is 11.8. The molecule has 20 heavy (non-hydrogen) atoms. The number of methoxy groups -OCH3 is 1. The number of H-pyrrole nitrogens is 1. The maximum absolute atomic E-state index is 12.3. The first kappa shape index (κ1) is 14.7. The van der Waals surface area contributed by atoms with Gasteiger partial charge in [0.25, 0.3) is 5.56 Å². The number of rotatable bonds is 5. The average Bonchev–Trinajstić information content (AvgIpc) is 2.76. The van der Waals surface area contributed by atoms with Crippen LogP contribution in [0.5, 0.6) is 0 Å². The Bertz CT molecular complexity index is 796. The Morgan fingerprint density at radius 1 is 1.30 bits per heavy atom.